The molecule has 4 nitrogen and oxygen atoms in total. The van der Waals surface area contributed by atoms with Crippen molar-refractivity contribution in [3.05, 3.63) is 29.3 Å². The zero-order valence-corrected chi connectivity index (χ0v) is 11.2. The first kappa shape index (κ1) is 12.5. The highest BCUT2D eigenvalue weighted by molar-refractivity contribution is 7.89. The number of likely N-dealkylation sites (N-methyl/N-ethyl adjacent to an activating group) is 1. The van der Waals surface area contributed by atoms with E-state index in [4.69, 9.17) is 0 Å². The van der Waals surface area contributed by atoms with Crippen LogP contribution in [-0.4, -0.2) is 38.9 Å². The number of hydrogen-bond donors (Lipinski definition) is 1. The van der Waals surface area contributed by atoms with Crippen LogP contribution in [0.15, 0.2) is 23.1 Å². The number of rotatable bonds is 3. The summed E-state index contributed by atoms with van der Waals surface area (Å²) >= 11 is 0. The summed E-state index contributed by atoms with van der Waals surface area (Å²) in [5.74, 6) is 0. The van der Waals surface area contributed by atoms with Gasteiger partial charge in [0.15, 0.2) is 0 Å². The first-order valence-corrected chi connectivity index (χ1v) is 7.13. The van der Waals surface area contributed by atoms with Crippen LogP contribution in [0.3, 0.4) is 0 Å². The van der Waals surface area contributed by atoms with Gasteiger partial charge in [-0.05, 0) is 37.1 Å². The fourth-order valence-electron chi connectivity index (χ4n) is 1.77. The van der Waals surface area contributed by atoms with Crippen molar-refractivity contribution in [2.45, 2.75) is 24.8 Å². The van der Waals surface area contributed by atoms with Gasteiger partial charge in [0, 0.05) is 26.2 Å². The van der Waals surface area contributed by atoms with E-state index in [0.29, 0.717) is 4.90 Å². The van der Waals surface area contributed by atoms with Gasteiger partial charge in [0.25, 0.3) is 0 Å². The van der Waals surface area contributed by atoms with Crippen LogP contribution in [0.4, 0.5) is 0 Å². The molecule has 17 heavy (non-hydrogen) atoms. The van der Waals surface area contributed by atoms with Crippen molar-refractivity contribution in [2.75, 3.05) is 20.1 Å². The molecule has 94 valence electrons. The summed E-state index contributed by atoms with van der Waals surface area (Å²) in [6.45, 7) is 5.38. The summed E-state index contributed by atoms with van der Waals surface area (Å²) in [5, 5.41) is 3.08. The summed E-state index contributed by atoms with van der Waals surface area (Å²) in [5.41, 5.74) is 2.11. The minimum atomic E-state index is -3.34. The number of benzene rings is 1. The molecule has 0 unspecified atom stereocenters. The molecule has 5 heteroatoms. The Kier molecular flexibility index (Phi) is 3.25. The van der Waals surface area contributed by atoms with Crippen molar-refractivity contribution in [1.29, 1.82) is 0 Å². The average Bonchev–Trinajstić information content (AvgIpc) is 2.19. The van der Waals surface area contributed by atoms with E-state index >= 15 is 0 Å². The lowest BCUT2D eigenvalue weighted by molar-refractivity contribution is 0.274. The summed E-state index contributed by atoms with van der Waals surface area (Å²) in [4.78, 5) is 0.384. The molecule has 1 fully saturated rings. The van der Waals surface area contributed by atoms with E-state index in [1.807, 2.05) is 19.9 Å². The van der Waals surface area contributed by atoms with Gasteiger partial charge >= 0.3 is 0 Å². The van der Waals surface area contributed by atoms with Crippen molar-refractivity contribution >= 4 is 10.0 Å². The highest BCUT2D eigenvalue weighted by Gasteiger charge is 2.31. The molecule has 0 aliphatic carbocycles. The lowest BCUT2D eigenvalue weighted by Gasteiger charge is -2.34. The van der Waals surface area contributed by atoms with Crippen molar-refractivity contribution < 1.29 is 8.42 Å². The highest BCUT2D eigenvalue weighted by Crippen LogP contribution is 2.20. The van der Waals surface area contributed by atoms with Crippen LogP contribution in [0.1, 0.15) is 11.1 Å². The SMILES string of the molecule is Cc1ccc(S(=O)(=O)N(C)C2CNC2)cc1C. The van der Waals surface area contributed by atoms with Gasteiger partial charge in [-0.15, -0.1) is 0 Å². The number of sulfonamides is 1. The molecule has 1 N–H and O–H groups in total. The molecule has 0 saturated carbocycles. The van der Waals surface area contributed by atoms with Crippen LogP contribution in [0.25, 0.3) is 0 Å². The zero-order valence-electron chi connectivity index (χ0n) is 10.4. The van der Waals surface area contributed by atoms with Gasteiger partial charge in [-0.2, -0.15) is 4.31 Å². The second kappa shape index (κ2) is 4.40. The van der Waals surface area contributed by atoms with Crippen LogP contribution in [0.2, 0.25) is 0 Å². The van der Waals surface area contributed by atoms with Crippen molar-refractivity contribution in [3.63, 3.8) is 0 Å². The fourth-order valence-corrected chi connectivity index (χ4v) is 3.21. The highest BCUT2D eigenvalue weighted by atomic mass is 32.2. The second-order valence-corrected chi connectivity index (χ2v) is 6.58. The van der Waals surface area contributed by atoms with Gasteiger partial charge in [0.2, 0.25) is 10.0 Å². The van der Waals surface area contributed by atoms with Gasteiger partial charge in [-0.3, -0.25) is 0 Å². The first-order chi connectivity index (χ1) is 7.93. The van der Waals surface area contributed by atoms with Crippen LogP contribution >= 0.6 is 0 Å². The van der Waals surface area contributed by atoms with Crippen LogP contribution in [-0.2, 0) is 10.0 Å². The molecule has 1 aromatic rings. The minimum Gasteiger partial charge on any atom is -0.313 e. The van der Waals surface area contributed by atoms with E-state index in [1.54, 1.807) is 19.2 Å². The normalized spacial score (nSPS) is 17.2. The minimum absolute atomic E-state index is 0.0848. The largest absolute Gasteiger partial charge is 0.313 e. The van der Waals surface area contributed by atoms with Crippen LogP contribution in [0.5, 0.6) is 0 Å². The van der Waals surface area contributed by atoms with Crippen LogP contribution in [0, 0.1) is 13.8 Å². The van der Waals surface area contributed by atoms with E-state index in [0.717, 1.165) is 24.2 Å². The van der Waals surface area contributed by atoms with Gasteiger partial charge in [-0.1, -0.05) is 6.07 Å². The predicted molar refractivity (Wildman–Crippen MR) is 67.5 cm³/mol. The standard InChI is InChI=1S/C12H18N2O2S/c1-9-4-5-12(6-10(9)2)17(15,16)14(3)11-7-13-8-11/h4-6,11,13H,7-8H2,1-3H3. The molecule has 1 aliphatic rings. The molecule has 0 spiro atoms. The maximum atomic E-state index is 12.3. The third kappa shape index (κ3) is 2.22. The monoisotopic (exact) mass is 254 g/mol. The van der Waals surface area contributed by atoms with Gasteiger partial charge in [0.1, 0.15) is 0 Å². The molecule has 1 heterocycles. The smallest absolute Gasteiger partial charge is 0.243 e. The molecule has 0 aromatic heterocycles. The van der Waals surface area contributed by atoms with E-state index in [1.165, 1.54) is 4.31 Å². The van der Waals surface area contributed by atoms with Gasteiger partial charge in [-0.25, -0.2) is 8.42 Å². The average molecular weight is 254 g/mol. The third-order valence-electron chi connectivity index (χ3n) is 3.43. The Morgan fingerprint density at radius 2 is 1.88 bits per heavy atom. The maximum Gasteiger partial charge on any atom is 0.243 e. The van der Waals surface area contributed by atoms with Gasteiger partial charge in [0.05, 0.1) is 4.90 Å². The molecule has 1 aromatic carbocycles. The summed E-state index contributed by atoms with van der Waals surface area (Å²) < 4.78 is 26.1. The second-order valence-electron chi connectivity index (χ2n) is 4.58. The summed E-state index contributed by atoms with van der Waals surface area (Å²) in [6, 6.07) is 5.37. The van der Waals surface area contributed by atoms with E-state index in [2.05, 4.69) is 5.32 Å². The number of hydrogen-bond acceptors (Lipinski definition) is 3. The summed E-state index contributed by atoms with van der Waals surface area (Å²) in [7, 11) is -1.70. The maximum absolute atomic E-state index is 12.3. The Hall–Kier alpha value is -0.910. The molecular weight excluding hydrogens is 236 g/mol. The molecule has 2 rings (SSSR count). The van der Waals surface area contributed by atoms with Crippen molar-refractivity contribution in [1.82, 2.24) is 9.62 Å². The molecular formula is C12H18N2O2S. The lowest BCUT2D eigenvalue weighted by atomic mass is 10.1. The Bertz CT molecular complexity index is 521. The fraction of sp³-hybridized carbons (Fsp3) is 0.500. The molecule has 1 saturated heterocycles. The molecule has 0 atom stereocenters. The third-order valence-corrected chi connectivity index (χ3v) is 5.34. The summed E-state index contributed by atoms with van der Waals surface area (Å²) in [6.07, 6.45) is 0. The Morgan fingerprint density at radius 3 is 2.35 bits per heavy atom. The topological polar surface area (TPSA) is 49.4 Å². The quantitative estimate of drug-likeness (QED) is 0.871. The Morgan fingerprint density at radius 1 is 1.24 bits per heavy atom. The molecule has 0 radical (unpaired) electrons. The Balaban J connectivity index is 2.33. The lowest BCUT2D eigenvalue weighted by Crippen LogP contribution is -2.57. The number of nitrogens with one attached hydrogen (secondary N) is 1. The number of nitrogens with zero attached hydrogens (tertiary/aromatic N) is 1. The first-order valence-electron chi connectivity index (χ1n) is 5.69. The van der Waals surface area contributed by atoms with Crippen molar-refractivity contribution in [3.8, 4) is 0 Å². The van der Waals surface area contributed by atoms with Gasteiger partial charge < -0.3 is 5.32 Å². The Labute approximate surface area is 103 Å². The van der Waals surface area contributed by atoms with Crippen molar-refractivity contribution in [2.24, 2.45) is 0 Å². The van der Waals surface area contributed by atoms with E-state index in [-0.39, 0.29) is 6.04 Å². The number of aryl methyl sites for hydroxylation is 2. The predicted octanol–water partition coefficient (Wildman–Crippen LogP) is 0.896. The van der Waals surface area contributed by atoms with E-state index < -0.39 is 10.0 Å². The molecule has 0 amide bonds. The van der Waals surface area contributed by atoms with Crippen LogP contribution < -0.4 is 5.32 Å². The zero-order chi connectivity index (χ0) is 12.6. The van der Waals surface area contributed by atoms with E-state index in [9.17, 15) is 8.42 Å². The molecule has 1 aliphatic heterocycles. The molecule has 0 bridgehead atoms.